The third kappa shape index (κ3) is 2.87. The lowest BCUT2D eigenvalue weighted by molar-refractivity contribution is -0.532. The number of para-hydroxylation sites is 1. The molecule has 2 heterocycles. The summed E-state index contributed by atoms with van der Waals surface area (Å²) in [5.74, 6) is 0.0387. The Balaban J connectivity index is 1.89. The van der Waals surface area contributed by atoms with Gasteiger partial charge in [-0.05, 0) is 37.6 Å². The van der Waals surface area contributed by atoms with E-state index >= 15 is 0 Å². The summed E-state index contributed by atoms with van der Waals surface area (Å²) < 4.78 is 11.7. The van der Waals surface area contributed by atoms with Crippen molar-refractivity contribution in [2.75, 3.05) is 19.0 Å². The van der Waals surface area contributed by atoms with Crippen LogP contribution in [0.5, 0.6) is 11.5 Å². The summed E-state index contributed by atoms with van der Waals surface area (Å²) in [6.07, 6.45) is 0. The molecule has 8 nitrogen and oxygen atoms in total. The predicted molar refractivity (Wildman–Crippen MR) is 115 cm³/mol. The van der Waals surface area contributed by atoms with Crippen LogP contribution in [0.25, 0.3) is 0 Å². The Labute approximate surface area is 182 Å². The Bertz CT molecular complexity index is 1030. The molecule has 4 atom stereocenters. The molecule has 0 saturated carbocycles. The minimum Gasteiger partial charge on any atom is -0.493 e. The van der Waals surface area contributed by atoms with Gasteiger partial charge in [0.2, 0.25) is 0 Å². The number of nitrogens with one attached hydrogen (secondary N) is 2. The van der Waals surface area contributed by atoms with Gasteiger partial charge < -0.3 is 14.8 Å². The smallest absolute Gasteiger partial charge is 0.256 e. The number of amides is 1. The number of rotatable bonds is 5. The number of nitro groups is 1. The van der Waals surface area contributed by atoms with Crippen molar-refractivity contribution < 1.29 is 19.2 Å². The number of carbonyl (C=O) groups is 1. The molecule has 0 bridgehead atoms. The van der Waals surface area contributed by atoms with Gasteiger partial charge in [-0.2, -0.15) is 0 Å². The standard InChI is InChI=1S/C21H22BrN3O5/c1-4-30-17-10-14(22)12(9-16(17)29-3)18-11(2)24-21(19(18)25(27)28)13-7-5-6-8-15(13)23-20(21)26/h5-11,18-19,24H,4H2,1-3H3,(H,23,26)/t11-,18-,19-,21-/m0/s1. The van der Waals surface area contributed by atoms with Crippen LogP contribution < -0.4 is 20.1 Å². The van der Waals surface area contributed by atoms with E-state index < -0.39 is 23.4 Å². The number of halogens is 1. The van der Waals surface area contributed by atoms with Crippen molar-refractivity contribution >= 4 is 27.5 Å². The maximum Gasteiger partial charge on any atom is 0.256 e. The van der Waals surface area contributed by atoms with Crippen LogP contribution in [0.1, 0.15) is 30.9 Å². The van der Waals surface area contributed by atoms with Crippen molar-refractivity contribution in [1.29, 1.82) is 0 Å². The fourth-order valence-corrected chi connectivity index (χ4v) is 5.34. The summed E-state index contributed by atoms with van der Waals surface area (Å²) in [6, 6.07) is 9.05. The highest BCUT2D eigenvalue weighted by molar-refractivity contribution is 9.10. The van der Waals surface area contributed by atoms with E-state index in [-0.39, 0.29) is 11.0 Å². The Hall–Kier alpha value is -2.65. The van der Waals surface area contributed by atoms with Crippen molar-refractivity contribution in [3.8, 4) is 11.5 Å². The van der Waals surface area contributed by atoms with E-state index in [1.54, 1.807) is 36.4 Å². The second-order valence-corrected chi connectivity index (χ2v) is 8.31. The Kier molecular flexibility index (Phi) is 5.19. The van der Waals surface area contributed by atoms with Gasteiger partial charge in [0, 0.05) is 26.7 Å². The molecule has 9 heteroatoms. The average molecular weight is 476 g/mol. The molecule has 1 saturated heterocycles. The van der Waals surface area contributed by atoms with Crippen molar-refractivity contribution in [1.82, 2.24) is 5.32 Å². The Morgan fingerprint density at radius 2 is 2.00 bits per heavy atom. The van der Waals surface area contributed by atoms with Crippen LogP contribution in [0.15, 0.2) is 40.9 Å². The van der Waals surface area contributed by atoms with Crippen molar-refractivity contribution in [2.45, 2.75) is 37.4 Å². The van der Waals surface area contributed by atoms with E-state index in [0.717, 1.165) is 0 Å². The molecule has 0 unspecified atom stereocenters. The molecule has 0 aromatic heterocycles. The maximum atomic E-state index is 13.1. The molecule has 30 heavy (non-hydrogen) atoms. The first-order valence-electron chi connectivity index (χ1n) is 9.67. The largest absolute Gasteiger partial charge is 0.493 e. The summed E-state index contributed by atoms with van der Waals surface area (Å²) in [4.78, 5) is 25.2. The lowest BCUT2D eigenvalue weighted by Crippen LogP contribution is -2.54. The molecule has 0 aliphatic carbocycles. The predicted octanol–water partition coefficient (Wildman–Crippen LogP) is 3.42. The Morgan fingerprint density at radius 1 is 1.27 bits per heavy atom. The number of fused-ring (bicyclic) bond motifs is 2. The topological polar surface area (TPSA) is 103 Å². The summed E-state index contributed by atoms with van der Waals surface area (Å²) in [7, 11) is 1.53. The normalized spacial score (nSPS) is 27.1. The minimum atomic E-state index is -1.45. The van der Waals surface area contributed by atoms with Crippen LogP contribution in [0.4, 0.5) is 5.69 Å². The van der Waals surface area contributed by atoms with Crippen molar-refractivity contribution in [3.63, 3.8) is 0 Å². The van der Waals surface area contributed by atoms with Gasteiger partial charge in [0.25, 0.3) is 11.9 Å². The van der Waals surface area contributed by atoms with Crippen molar-refractivity contribution in [2.24, 2.45) is 0 Å². The molecule has 2 aliphatic rings. The molecule has 0 radical (unpaired) electrons. The van der Waals surface area contributed by atoms with Gasteiger partial charge in [0.1, 0.15) is 0 Å². The van der Waals surface area contributed by atoms with Crippen LogP contribution in [-0.4, -0.2) is 36.6 Å². The lowest BCUT2D eigenvalue weighted by atomic mass is 9.78. The maximum absolute atomic E-state index is 13.1. The van der Waals surface area contributed by atoms with E-state index in [1.165, 1.54) is 7.11 Å². The Morgan fingerprint density at radius 3 is 2.67 bits per heavy atom. The third-order valence-corrected chi connectivity index (χ3v) is 6.59. The molecule has 1 fully saturated rings. The SMILES string of the molecule is CCOc1cc(Br)c([C@@H]2[C@H](C)N[C@]3(C(=O)Nc4ccccc43)[C@H]2[N+](=O)[O-])cc1OC. The summed E-state index contributed by atoms with van der Waals surface area (Å²) in [5, 5.41) is 18.5. The van der Waals surface area contributed by atoms with Crippen LogP contribution in [0.3, 0.4) is 0 Å². The van der Waals surface area contributed by atoms with Gasteiger partial charge in [-0.25, -0.2) is 0 Å². The van der Waals surface area contributed by atoms with E-state index in [1.807, 2.05) is 13.8 Å². The van der Waals surface area contributed by atoms with E-state index in [2.05, 4.69) is 26.6 Å². The molecular formula is C21H22BrN3O5. The van der Waals surface area contributed by atoms with Crippen LogP contribution in [0.2, 0.25) is 0 Å². The second kappa shape index (κ2) is 7.55. The van der Waals surface area contributed by atoms with Gasteiger partial charge >= 0.3 is 0 Å². The van der Waals surface area contributed by atoms with Crippen LogP contribution >= 0.6 is 15.9 Å². The fourth-order valence-electron chi connectivity index (χ4n) is 4.76. The zero-order valence-electron chi connectivity index (χ0n) is 16.8. The summed E-state index contributed by atoms with van der Waals surface area (Å²) >= 11 is 3.55. The highest BCUT2D eigenvalue weighted by Gasteiger charge is 2.67. The van der Waals surface area contributed by atoms with Gasteiger partial charge in [-0.1, -0.05) is 34.1 Å². The summed E-state index contributed by atoms with van der Waals surface area (Å²) in [5.41, 5.74) is 0.430. The van der Waals surface area contributed by atoms with Gasteiger partial charge in [0.15, 0.2) is 17.0 Å². The quantitative estimate of drug-likeness (QED) is 0.507. The number of hydrogen-bond acceptors (Lipinski definition) is 6. The van der Waals surface area contributed by atoms with Crippen LogP contribution in [0, 0.1) is 10.1 Å². The first kappa shape index (κ1) is 20.6. The van der Waals surface area contributed by atoms with Gasteiger partial charge in [0.05, 0.1) is 19.6 Å². The molecule has 4 rings (SSSR count). The number of benzene rings is 2. The first-order chi connectivity index (χ1) is 14.3. The molecule has 1 spiro atoms. The summed E-state index contributed by atoms with van der Waals surface area (Å²) in [6.45, 7) is 4.19. The monoisotopic (exact) mass is 475 g/mol. The molecule has 2 N–H and O–H groups in total. The zero-order chi connectivity index (χ0) is 21.6. The molecule has 2 aromatic rings. The highest BCUT2D eigenvalue weighted by atomic mass is 79.9. The highest BCUT2D eigenvalue weighted by Crippen LogP contribution is 2.51. The fraction of sp³-hybridized carbons (Fsp3) is 0.381. The van der Waals surface area contributed by atoms with E-state index in [0.29, 0.717) is 39.4 Å². The average Bonchev–Trinajstić information content (AvgIpc) is 3.17. The van der Waals surface area contributed by atoms with Crippen LogP contribution in [-0.2, 0) is 10.3 Å². The van der Waals surface area contributed by atoms with Crippen molar-refractivity contribution in [3.05, 3.63) is 62.1 Å². The number of nitrogens with zero attached hydrogens (tertiary/aromatic N) is 1. The number of anilines is 1. The minimum absolute atomic E-state index is 0.349. The molecule has 2 aromatic carbocycles. The van der Waals surface area contributed by atoms with E-state index in [9.17, 15) is 14.9 Å². The lowest BCUT2D eigenvalue weighted by Gasteiger charge is -2.26. The molecule has 2 aliphatic heterocycles. The molecule has 158 valence electrons. The zero-order valence-corrected chi connectivity index (χ0v) is 18.4. The number of ether oxygens (including phenoxy) is 2. The first-order valence-corrected chi connectivity index (χ1v) is 10.5. The molecule has 1 amide bonds. The molecular weight excluding hydrogens is 454 g/mol. The van der Waals surface area contributed by atoms with E-state index in [4.69, 9.17) is 9.47 Å². The second-order valence-electron chi connectivity index (χ2n) is 7.45. The number of carbonyl (C=O) groups excluding carboxylic acids is 1. The van der Waals surface area contributed by atoms with Gasteiger partial charge in [-0.15, -0.1) is 0 Å². The number of hydrogen-bond donors (Lipinski definition) is 2. The van der Waals surface area contributed by atoms with Gasteiger partial charge in [-0.3, -0.25) is 20.2 Å². The number of methoxy groups -OCH3 is 1. The third-order valence-electron chi connectivity index (χ3n) is 5.91.